The molecule has 8 heteroatoms. The molecule has 2 N–H and O–H groups in total. The Kier molecular flexibility index (Phi) is 3.73. The van der Waals surface area contributed by atoms with Gasteiger partial charge in [0.1, 0.15) is 23.6 Å². The molecule has 1 heterocycles. The second kappa shape index (κ2) is 5.46. The summed E-state index contributed by atoms with van der Waals surface area (Å²) in [5.41, 5.74) is 6.95. The monoisotopic (exact) mass is 266 g/mol. The number of nitrogens with two attached hydrogens (primary N) is 1. The number of nitrogens with zero attached hydrogens (tertiary/aromatic N) is 5. The van der Waals surface area contributed by atoms with E-state index in [1.54, 1.807) is 25.3 Å². The van der Waals surface area contributed by atoms with E-state index in [4.69, 9.17) is 22.1 Å². The molecule has 0 amide bonds. The normalized spacial score (nSPS) is 11.6. The molecule has 0 saturated heterocycles. The molecule has 7 nitrogen and oxygen atoms in total. The number of ether oxygens (including phenoxy) is 1. The second-order valence-corrected chi connectivity index (χ2v) is 3.61. The van der Waals surface area contributed by atoms with E-state index in [-0.39, 0.29) is 5.88 Å². The number of halogens is 1. The molecule has 0 atom stereocenters. The largest absolute Gasteiger partial charge is 0.494 e. The van der Waals surface area contributed by atoms with Gasteiger partial charge in [-0.1, -0.05) is 0 Å². The standard InChI is InChI=1S/C10H11ClN6O/c1-18-9-4-7(17-6-13-15-16-17)2-3-8(9)14-10(12)5-11/h2-4,6H,5H2,1H3,(H2,12,14). The van der Waals surface area contributed by atoms with Gasteiger partial charge in [0, 0.05) is 6.07 Å². The number of aromatic nitrogens is 4. The van der Waals surface area contributed by atoms with Crippen molar-refractivity contribution in [1.29, 1.82) is 0 Å². The van der Waals surface area contributed by atoms with Gasteiger partial charge in [-0.15, -0.1) is 16.7 Å². The van der Waals surface area contributed by atoms with E-state index < -0.39 is 0 Å². The number of alkyl halides is 1. The molecule has 1 aromatic carbocycles. The molecule has 0 fully saturated rings. The fourth-order valence-corrected chi connectivity index (χ4v) is 1.43. The molecule has 94 valence electrons. The fraction of sp³-hybridized carbons (Fsp3) is 0.200. The predicted octanol–water partition coefficient (Wildman–Crippen LogP) is 0.898. The van der Waals surface area contributed by atoms with E-state index >= 15 is 0 Å². The van der Waals surface area contributed by atoms with Gasteiger partial charge in [-0.2, -0.15) is 0 Å². The van der Waals surface area contributed by atoms with Crippen LogP contribution in [0.15, 0.2) is 29.5 Å². The lowest BCUT2D eigenvalue weighted by molar-refractivity contribution is 0.416. The maximum Gasteiger partial charge on any atom is 0.146 e. The lowest BCUT2D eigenvalue weighted by atomic mass is 10.2. The minimum absolute atomic E-state index is 0.165. The van der Waals surface area contributed by atoms with E-state index in [1.807, 2.05) is 0 Å². The Bertz CT molecular complexity index is 554. The van der Waals surface area contributed by atoms with E-state index in [0.717, 1.165) is 5.69 Å². The van der Waals surface area contributed by atoms with Crippen LogP contribution in [0.5, 0.6) is 5.75 Å². The van der Waals surface area contributed by atoms with Gasteiger partial charge in [0.25, 0.3) is 0 Å². The molecule has 0 bridgehead atoms. The van der Waals surface area contributed by atoms with Gasteiger partial charge < -0.3 is 10.5 Å². The summed E-state index contributed by atoms with van der Waals surface area (Å²) in [5.74, 6) is 1.05. The van der Waals surface area contributed by atoms with E-state index in [0.29, 0.717) is 17.3 Å². The summed E-state index contributed by atoms with van der Waals surface area (Å²) < 4.78 is 6.76. The molecule has 0 aliphatic carbocycles. The number of hydrogen-bond acceptors (Lipinski definition) is 5. The average Bonchev–Trinajstić information content (AvgIpc) is 2.93. The molecule has 0 saturated carbocycles. The zero-order valence-corrected chi connectivity index (χ0v) is 10.4. The lowest BCUT2D eigenvalue weighted by Gasteiger charge is -2.07. The molecule has 0 radical (unpaired) electrons. The van der Waals surface area contributed by atoms with Crippen molar-refractivity contribution in [3.05, 3.63) is 24.5 Å². The smallest absolute Gasteiger partial charge is 0.146 e. The van der Waals surface area contributed by atoms with Crippen LogP contribution < -0.4 is 10.5 Å². The van der Waals surface area contributed by atoms with Crippen LogP contribution in [0, 0.1) is 0 Å². The summed E-state index contributed by atoms with van der Waals surface area (Å²) in [6, 6.07) is 5.32. The van der Waals surface area contributed by atoms with Gasteiger partial charge in [-0.05, 0) is 22.6 Å². The topological polar surface area (TPSA) is 91.2 Å². The first-order valence-corrected chi connectivity index (χ1v) is 5.58. The van der Waals surface area contributed by atoms with Crippen molar-refractivity contribution in [2.24, 2.45) is 10.7 Å². The molecule has 2 rings (SSSR count). The van der Waals surface area contributed by atoms with Crippen LogP contribution in [0.4, 0.5) is 5.69 Å². The Balaban J connectivity index is 2.41. The summed E-state index contributed by atoms with van der Waals surface area (Å²) in [7, 11) is 1.55. The average molecular weight is 267 g/mol. The number of methoxy groups -OCH3 is 1. The number of tetrazole rings is 1. The molecule has 0 aliphatic heterocycles. The Labute approximate surface area is 108 Å². The van der Waals surface area contributed by atoms with Gasteiger partial charge in [0.15, 0.2) is 0 Å². The van der Waals surface area contributed by atoms with Crippen molar-refractivity contribution in [3.8, 4) is 11.4 Å². The summed E-state index contributed by atoms with van der Waals surface area (Å²) in [4.78, 5) is 4.15. The molecule has 0 unspecified atom stereocenters. The highest BCUT2D eigenvalue weighted by Gasteiger charge is 2.06. The van der Waals surface area contributed by atoms with E-state index in [1.165, 1.54) is 11.0 Å². The second-order valence-electron chi connectivity index (χ2n) is 3.35. The quantitative estimate of drug-likeness (QED) is 0.504. The summed E-state index contributed by atoms with van der Waals surface area (Å²) >= 11 is 5.58. The van der Waals surface area contributed by atoms with Gasteiger partial charge in [0.2, 0.25) is 0 Å². The molecule has 18 heavy (non-hydrogen) atoms. The maximum atomic E-state index is 5.59. The third-order valence-corrected chi connectivity index (χ3v) is 2.45. The predicted molar refractivity (Wildman–Crippen MR) is 67.7 cm³/mol. The number of aliphatic imine (C=N–C) groups is 1. The molecule has 1 aromatic heterocycles. The maximum absolute atomic E-state index is 5.59. The Morgan fingerprint density at radius 3 is 3.00 bits per heavy atom. The van der Waals surface area contributed by atoms with Crippen LogP contribution in [0.1, 0.15) is 0 Å². The lowest BCUT2D eigenvalue weighted by Crippen LogP contribution is -2.12. The highest BCUT2D eigenvalue weighted by atomic mass is 35.5. The van der Waals surface area contributed by atoms with Gasteiger partial charge in [-0.3, -0.25) is 0 Å². The summed E-state index contributed by atoms with van der Waals surface area (Å²) in [6.45, 7) is 0. The zero-order chi connectivity index (χ0) is 13.0. The van der Waals surface area contributed by atoms with Crippen molar-refractivity contribution in [3.63, 3.8) is 0 Å². The fourth-order valence-electron chi connectivity index (χ4n) is 1.37. The highest BCUT2D eigenvalue weighted by Crippen LogP contribution is 2.29. The highest BCUT2D eigenvalue weighted by molar-refractivity contribution is 6.28. The number of benzene rings is 1. The minimum Gasteiger partial charge on any atom is -0.494 e. The molecular weight excluding hydrogens is 256 g/mol. The van der Waals surface area contributed by atoms with Crippen molar-refractivity contribution in [2.75, 3.05) is 13.0 Å². The van der Waals surface area contributed by atoms with E-state index in [2.05, 4.69) is 20.5 Å². The number of amidine groups is 1. The van der Waals surface area contributed by atoms with Crippen LogP contribution >= 0.6 is 11.6 Å². The molecule has 0 aliphatic rings. The Morgan fingerprint density at radius 1 is 1.56 bits per heavy atom. The Morgan fingerprint density at radius 2 is 2.39 bits per heavy atom. The first-order valence-electron chi connectivity index (χ1n) is 5.05. The number of hydrogen-bond donors (Lipinski definition) is 1. The first kappa shape index (κ1) is 12.3. The van der Waals surface area contributed by atoms with Gasteiger partial charge >= 0.3 is 0 Å². The van der Waals surface area contributed by atoms with Crippen molar-refractivity contribution in [1.82, 2.24) is 20.2 Å². The summed E-state index contributed by atoms with van der Waals surface area (Å²) in [5, 5.41) is 10.9. The van der Waals surface area contributed by atoms with Gasteiger partial charge in [0.05, 0.1) is 18.7 Å². The van der Waals surface area contributed by atoms with Gasteiger partial charge in [-0.25, -0.2) is 9.67 Å². The van der Waals surface area contributed by atoms with Crippen LogP contribution in [0.2, 0.25) is 0 Å². The van der Waals surface area contributed by atoms with Crippen LogP contribution in [0.25, 0.3) is 5.69 Å². The summed E-state index contributed by atoms with van der Waals surface area (Å²) in [6.07, 6.45) is 1.49. The first-order chi connectivity index (χ1) is 8.74. The third kappa shape index (κ3) is 2.57. The zero-order valence-electron chi connectivity index (χ0n) is 9.62. The van der Waals surface area contributed by atoms with Crippen molar-refractivity contribution >= 4 is 23.1 Å². The molecule has 0 spiro atoms. The SMILES string of the molecule is COc1cc(-n2cnnn2)ccc1N=C(N)CCl. The molecule has 2 aromatic rings. The van der Waals surface area contributed by atoms with Crippen LogP contribution in [-0.4, -0.2) is 39.0 Å². The van der Waals surface area contributed by atoms with Crippen molar-refractivity contribution in [2.45, 2.75) is 0 Å². The minimum atomic E-state index is 0.165. The molecular formula is C10H11ClN6O. The van der Waals surface area contributed by atoms with Crippen LogP contribution in [0.3, 0.4) is 0 Å². The van der Waals surface area contributed by atoms with Crippen molar-refractivity contribution < 1.29 is 4.74 Å². The number of rotatable bonds is 4. The third-order valence-electron chi connectivity index (χ3n) is 2.18. The van der Waals surface area contributed by atoms with Crippen LogP contribution in [-0.2, 0) is 0 Å². The van der Waals surface area contributed by atoms with E-state index in [9.17, 15) is 0 Å². The Hall–Kier alpha value is -2.15.